The van der Waals surface area contributed by atoms with Crippen LogP contribution in [0.5, 0.6) is 17.2 Å². The van der Waals surface area contributed by atoms with Crippen LogP contribution in [0.2, 0.25) is 0 Å². The molecule has 0 aliphatic carbocycles. The van der Waals surface area contributed by atoms with Gasteiger partial charge < -0.3 is 24.4 Å². The van der Waals surface area contributed by atoms with Crippen molar-refractivity contribution in [3.8, 4) is 17.2 Å². The van der Waals surface area contributed by atoms with Crippen LogP contribution in [0, 0.1) is 0 Å². The van der Waals surface area contributed by atoms with E-state index in [2.05, 4.69) is 46.6 Å². The summed E-state index contributed by atoms with van der Waals surface area (Å²) >= 11 is 0. The topological polar surface area (TPSA) is 72.9 Å². The van der Waals surface area contributed by atoms with Crippen LogP contribution >= 0.6 is 0 Å². The molecule has 1 aliphatic rings. The number of rotatable bonds is 9. The second-order valence-corrected chi connectivity index (χ2v) is 9.02. The number of aromatic nitrogens is 1. The number of hydrogen-bond donors (Lipinski definition) is 1. The predicted octanol–water partition coefficient (Wildman–Crippen LogP) is 4.55. The van der Waals surface area contributed by atoms with Gasteiger partial charge in [-0.25, -0.2) is 4.98 Å². The molecule has 0 atom stereocenters. The average Bonchev–Trinajstić information content (AvgIpc) is 2.95. The molecule has 37 heavy (non-hydrogen) atoms. The monoisotopic (exact) mass is 497 g/mol. The molecule has 0 unspecified atom stereocenters. The van der Waals surface area contributed by atoms with Gasteiger partial charge in [-0.3, -0.25) is 4.79 Å². The molecule has 1 aliphatic heterocycles. The van der Waals surface area contributed by atoms with Gasteiger partial charge in [-0.2, -0.15) is 0 Å². The third-order valence-electron chi connectivity index (χ3n) is 6.67. The maximum absolute atomic E-state index is 12.5. The van der Waals surface area contributed by atoms with E-state index in [1.807, 2.05) is 36.4 Å². The van der Waals surface area contributed by atoms with Gasteiger partial charge in [0.25, 0.3) is 5.91 Å². The van der Waals surface area contributed by atoms with Gasteiger partial charge in [0.2, 0.25) is 0 Å². The molecule has 2 heterocycles. The molecule has 7 nitrogen and oxygen atoms in total. The van der Waals surface area contributed by atoms with Crippen LogP contribution in [0.4, 0.5) is 5.82 Å². The van der Waals surface area contributed by atoms with Crippen molar-refractivity contribution in [2.24, 2.45) is 0 Å². The Bertz CT molecular complexity index is 1400. The second kappa shape index (κ2) is 11.2. The van der Waals surface area contributed by atoms with Gasteiger partial charge in [-0.1, -0.05) is 42.5 Å². The fraction of sp³-hybridized carbons (Fsp3) is 0.267. The Morgan fingerprint density at radius 1 is 0.919 bits per heavy atom. The van der Waals surface area contributed by atoms with Crippen LogP contribution in [-0.2, 0) is 24.2 Å². The van der Waals surface area contributed by atoms with E-state index < -0.39 is 0 Å². The summed E-state index contributed by atoms with van der Waals surface area (Å²) in [5, 5.41) is 3.90. The fourth-order valence-electron chi connectivity index (χ4n) is 4.67. The normalized spacial score (nSPS) is 12.6. The molecule has 0 radical (unpaired) electrons. The highest BCUT2D eigenvalue weighted by Gasteiger charge is 2.18. The first-order valence-electron chi connectivity index (χ1n) is 12.5. The molecule has 0 saturated carbocycles. The molecule has 1 N–H and O–H groups in total. The van der Waals surface area contributed by atoms with Gasteiger partial charge in [-0.15, -0.1) is 0 Å². The number of para-hydroxylation sites is 1. The van der Waals surface area contributed by atoms with Crippen molar-refractivity contribution in [1.82, 2.24) is 10.3 Å². The predicted molar refractivity (Wildman–Crippen MR) is 145 cm³/mol. The van der Waals surface area contributed by atoms with E-state index in [9.17, 15) is 4.79 Å². The molecule has 4 aromatic rings. The van der Waals surface area contributed by atoms with Crippen LogP contribution in [-0.4, -0.2) is 44.8 Å². The van der Waals surface area contributed by atoms with E-state index in [0.717, 1.165) is 41.8 Å². The molecule has 3 aromatic carbocycles. The molecule has 5 rings (SSSR count). The van der Waals surface area contributed by atoms with Crippen molar-refractivity contribution in [2.45, 2.75) is 19.4 Å². The minimum atomic E-state index is -0.179. The molecule has 0 fully saturated rings. The lowest BCUT2D eigenvalue weighted by atomic mass is 10.00. The highest BCUT2D eigenvalue weighted by molar-refractivity contribution is 5.86. The Hall–Kier alpha value is -4.26. The number of anilines is 1. The first-order chi connectivity index (χ1) is 18.1. The van der Waals surface area contributed by atoms with E-state index in [1.54, 1.807) is 14.2 Å². The minimum absolute atomic E-state index is 0.0754. The third-order valence-corrected chi connectivity index (χ3v) is 6.67. The SMILES string of the molecule is COc1ccc(CCNC(=O)COc2cccc3ccc(N4CCc5ccccc5C4)nc23)cc1OC. The Morgan fingerprint density at radius 2 is 1.76 bits per heavy atom. The van der Waals surface area contributed by atoms with E-state index >= 15 is 0 Å². The van der Waals surface area contributed by atoms with Crippen LogP contribution in [0.15, 0.2) is 72.8 Å². The lowest BCUT2D eigenvalue weighted by Crippen LogP contribution is -2.31. The lowest BCUT2D eigenvalue weighted by molar-refractivity contribution is -0.123. The number of carbonyl (C=O) groups excluding carboxylic acids is 1. The Morgan fingerprint density at radius 3 is 2.59 bits per heavy atom. The molecule has 7 heteroatoms. The van der Waals surface area contributed by atoms with Gasteiger partial charge in [0.15, 0.2) is 18.1 Å². The molecule has 1 amide bonds. The summed E-state index contributed by atoms with van der Waals surface area (Å²) < 4.78 is 16.5. The Kier molecular flexibility index (Phi) is 7.40. The van der Waals surface area contributed by atoms with Gasteiger partial charge in [-0.05, 0) is 59.9 Å². The number of ether oxygens (including phenoxy) is 3. The quantitative estimate of drug-likeness (QED) is 0.366. The van der Waals surface area contributed by atoms with E-state index in [1.165, 1.54) is 11.1 Å². The maximum Gasteiger partial charge on any atom is 0.257 e. The number of pyridine rings is 1. The average molecular weight is 498 g/mol. The number of methoxy groups -OCH3 is 2. The van der Waals surface area contributed by atoms with Gasteiger partial charge >= 0.3 is 0 Å². The summed E-state index contributed by atoms with van der Waals surface area (Å²) in [4.78, 5) is 19.7. The highest BCUT2D eigenvalue weighted by Crippen LogP contribution is 2.29. The molecule has 1 aromatic heterocycles. The van der Waals surface area contributed by atoms with Gasteiger partial charge in [0.05, 0.1) is 14.2 Å². The molecule has 190 valence electrons. The summed E-state index contributed by atoms with van der Waals surface area (Å²) in [6.07, 6.45) is 1.67. The first-order valence-corrected chi connectivity index (χ1v) is 12.5. The zero-order valence-electron chi connectivity index (χ0n) is 21.2. The van der Waals surface area contributed by atoms with Crippen LogP contribution in [0.1, 0.15) is 16.7 Å². The summed E-state index contributed by atoms with van der Waals surface area (Å²) in [6.45, 7) is 2.17. The maximum atomic E-state index is 12.5. The standard InChI is InChI=1S/C30H31N3O4/c1-35-25-12-10-21(18-27(25)36-2)14-16-31-29(34)20-37-26-9-5-8-23-11-13-28(32-30(23)26)33-17-15-22-6-3-4-7-24(22)19-33/h3-13,18H,14-17,19-20H2,1-2H3,(H,31,34). The zero-order chi connectivity index (χ0) is 25.6. The number of nitrogens with one attached hydrogen (secondary N) is 1. The van der Waals surface area contributed by atoms with Gasteiger partial charge in [0.1, 0.15) is 17.1 Å². The largest absolute Gasteiger partial charge is 0.493 e. The molecule has 0 spiro atoms. The number of benzene rings is 3. The second-order valence-electron chi connectivity index (χ2n) is 9.02. The Balaban J connectivity index is 1.20. The summed E-state index contributed by atoms with van der Waals surface area (Å²) in [6, 6.07) is 24.2. The third kappa shape index (κ3) is 5.61. The summed E-state index contributed by atoms with van der Waals surface area (Å²) in [5.41, 5.74) is 4.55. The molecule has 0 saturated heterocycles. The fourth-order valence-corrected chi connectivity index (χ4v) is 4.67. The smallest absolute Gasteiger partial charge is 0.257 e. The minimum Gasteiger partial charge on any atom is -0.493 e. The van der Waals surface area contributed by atoms with Crippen LogP contribution in [0.3, 0.4) is 0 Å². The van der Waals surface area contributed by atoms with Crippen molar-refractivity contribution >= 4 is 22.6 Å². The number of fused-ring (bicyclic) bond motifs is 2. The molecular formula is C30H31N3O4. The Labute approximate surface area is 217 Å². The van der Waals surface area contributed by atoms with E-state index in [-0.39, 0.29) is 12.5 Å². The van der Waals surface area contributed by atoms with Crippen LogP contribution < -0.4 is 24.4 Å². The van der Waals surface area contributed by atoms with Crippen molar-refractivity contribution in [3.05, 3.63) is 89.5 Å². The van der Waals surface area contributed by atoms with Crippen molar-refractivity contribution in [1.29, 1.82) is 0 Å². The number of hydrogen-bond acceptors (Lipinski definition) is 6. The number of amides is 1. The highest BCUT2D eigenvalue weighted by atomic mass is 16.5. The molecular weight excluding hydrogens is 466 g/mol. The van der Waals surface area contributed by atoms with Crippen molar-refractivity contribution in [3.63, 3.8) is 0 Å². The zero-order valence-corrected chi connectivity index (χ0v) is 21.2. The van der Waals surface area contributed by atoms with Crippen LogP contribution in [0.25, 0.3) is 10.9 Å². The summed E-state index contributed by atoms with van der Waals surface area (Å²) in [7, 11) is 3.22. The van der Waals surface area contributed by atoms with E-state index in [4.69, 9.17) is 19.2 Å². The summed E-state index contributed by atoms with van der Waals surface area (Å²) in [5.74, 6) is 2.69. The van der Waals surface area contributed by atoms with Crippen molar-refractivity contribution < 1.29 is 19.0 Å². The van der Waals surface area contributed by atoms with Gasteiger partial charge in [0, 0.05) is 25.0 Å². The van der Waals surface area contributed by atoms with E-state index in [0.29, 0.717) is 30.2 Å². The lowest BCUT2D eigenvalue weighted by Gasteiger charge is -2.30. The number of carbonyl (C=O) groups is 1. The van der Waals surface area contributed by atoms with Crippen molar-refractivity contribution in [2.75, 3.05) is 38.8 Å². The number of nitrogens with zero attached hydrogens (tertiary/aromatic N) is 2. The first kappa shape index (κ1) is 24.4. The molecule has 0 bridgehead atoms.